The molecule has 0 aliphatic carbocycles. The van der Waals surface area contributed by atoms with Crippen molar-refractivity contribution < 1.29 is 0 Å². The van der Waals surface area contributed by atoms with Crippen LogP contribution in [-0.4, -0.2) is 37.9 Å². The molecule has 0 amide bonds. The van der Waals surface area contributed by atoms with E-state index in [1.165, 1.54) is 75.9 Å². The molecule has 116 heavy (non-hydrogen) atoms. The molecule has 0 aliphatic heterocycles. The fourth-order valence-electron chi connectivity index (χ4n) is 18.0. The van der Waals surface area contributed by atoms with Crippen molar-refractivity contribution in [2.24, 2.45) is 0 Å². The first-order chi connectivity index (χ1) is 57.5. The van der Waals surface area contributed by atoms with Crippen molar-refractivity contribution >= 4 is 120 Å². The summed E-state index contributed by atoms with van der Waals surface area (Å²) >= 11 is 0. The van der Waals surface area contributed by atoms with Crippen LogP contribution in [0.2, 0.25) is 0 Å². The third-order valence-corrected chi connectivity index (χ3v) is 23.5. The van der Waals surface area contributed by atoms with Crippen molar-refractivity contribution in [1.29, 1.82) is 0 Å². The molecule has 24 rings (SSSR count). The maximum absolute atomic E-state index is 5.57. The molecule has 8 heteroatoms. The summed E-state index contributed by atoms with van der Waals surface area (Å²) in [6.45, 7) is 0. The Kier molecular flexibility index (Phi) is 15.5. The maximum atomic E-state index is 5.57. The molecule has 8 aromatic heterocycles. The van der Waals surface area contributed by atoms with E-state index in [0.717, 1.165) is 145 Å². The van der Waals surface area contributed by atoms with Gasteiger partial charge in [-0.25, -0.2) is 19.9 Å². The van der Waals surface area contributed by atoms with Crippen LogP contribution in [-0.2, 0) is 0 Å². The third kappa shape index (κ3) is 11.1. The van der Waals surface area contributed by atoms with Gasteiger partial charge in [-0.1, -0.05) is 309 Å². The summed E-state index contributed by atoms with van der Waals surface area (Å²) in [4.78, 5) is 20.8. The van der Waals surface area contributed by atoms with E-state index in [1.54, 1.807) is 0 Å². The lowest BCUT2D eigenvalue weighted by Crippen LogP contribution is -1.95. The van der Waals surface area contributed by atoms with E-state index in [1.807, 2.05) is 48.8 Å². The molecule has 0 atom stereocenters. The SMILES string of the molecule is c1cc(-c2ccc(-c3nc4c(-c5ccc(-n6c7ccccc7c7ccccc76)cc5)cccc4c4c3ccc3ccccc34)cc2)cc(-c2cn3ccccc3n2)c1.c1ccc2c(c1)ccc1c(-c3ccc(-c4ccc(-c5cn6ccccc6n5)cc4)cc3)nc3c(-c4ccc(-n5c6ccccc6c6ccccc65)cc4)cccc3c12. The zero-order valence-electron chi connectivity index (χ0n) is 62.8. The van der Waals surface area contributed by atoms with Crippen molar-refractivity contribution in [3.63, 3.8) is 0 Å². The van der Waals surface area contributed by atoms with E-state index in [2.05, 4.69) is 382 Å². The van der Waals surface area contributed by atoms with Crippen molar-refractivity contribution in [3.8, 4) is 101 Å². The van der Waals surface area contributed by atoms with Crippen LogP contribution < -0.4 is 0 Å². The number of benzene rings is 16. The van der Waals surface area contributed by atoms with Crippen LogP contribution in [0.3, 0.4) is 0 Å². The molecular weight excluding hydrogens is 1410 g/mol. The van der Waals surface area contributed by atoms with Gasteiger partial charge in [0.05, 0.1) is 55.9 Å². The molecule has 0 unspecified atom stereocenters. The van der Waals surface area contributed by atoms with E-state index in [9.17, 15) is 0 Å². The van der Waals surface area contributed by atoms with Gasteiger partial charge in [0.1, 0.15) is 11.3 Å². The van der Waals surface area contributed by atoms with Crippen LogP contribution >= 0.6 is 0 Å². The standard InChI is InChI=1S/2C54H34N4/c1-2-14-42-36(11-1)28-31-47-52(42)46-18-10-17-43(37-26-29-41(30-27-37)58-49-19-5-3-15-44(49)45-16-4-6-20-50(45)58)54(46)56-53(47)38-24-22-35(23-25-38)39-12-9-13-40(33-39)48-34-57-32-8-7-21-51(57)55-48;1-2-11-42-37(10-1)29-32-47-52(42)46-15-9-14-43(38-27-30-41(31-28-38)58-49-16-5-3-12-44(49)45-13-4-6-17-50(45)58)54(46)56-53(47)40-25-21-36(22-26-40)35-19-23-39(24-20-35)48-34-57-33-8-7-18-51(57)55-48/h2*1-34H. The minimum absolute atomic E-state index is 0.940. The molecule has 0 bridgehead atoms. The average molecular weight is 1480 g/mol. The molecule has 0 spiro atoms. The molecule has 0 aliphatic rings. The number of nitrogens with zero attached hydrogens (tertiary/aromatic N) is 8. The summed E-state index contributed by atoms with van der Waals surface area (Å²) in [5.41, 5.74) is 28.3. The Morgan fingerprint density at radius 1 is 0.198 bits per heavy atom. The second-order valence-electron chi connectivity index (χ2n) is 30.1. The number of fused-ring (bicyclic) bond motifs is 18. The molecule has 16 aromatic carbocycles. The molecule has 0 saturated heterocycles. The average Bonchev–Trinajstić information content (AvgIpc) is 0.806. The zero-order valence-corrected chi connectivity index (χ0v) is 62.8. The Hall–Kier alpha value is -15.6. The largest absolute Gasteiger partial charge is 0.309 e. The van der Waals surface area contributed by atoms with Crippen LogP contribution in [0.1, 0.15) is 0 Å². The predicted molar refractivity (Wildman–Crippen MR) is 483 cm³/mol. The van der Waals surface area contributed by atoms with E-state index in [-0.39, 0.29) is 0 Å². The molecule has 0 N–H and O–H groups in total. The van der Waals surface area contributed by atoms with E-state index in [4.69, 9.17) is 19.9 Å². The summed E-state index contributed by atoms with van der Waals surface area (Å²) < 4.78 is 8.86. The number of hydrogen-bond acceptors (Lipinski definition) is 4. The molecular formula is C108H68N8. The van der Waals surface area contributed by atoms with Gasteiger partial charge in [-0.3, -0.25) is 0 Å². The van der Waals surface area contributed by atoms with Crippen LogP contribution in [0.25, 0.3) is 221 Å². The van der Waals surface area contributed by atoms with Gasteiger partial charge in [0.2, 0.25) is 0 Å². The van der Waals surface area contributed by atoms with Gasteiger partial charge in [0.15, 0.2) is 0 Å². The number of imidazole rings is 2. The topological polar surface area (TPSA) is 70.2 Å². The molecule has 540 valence electrons. The first-order valence-electron chi connectivity index (χ1n) is 39.5. The summed E-state index contributed by atoms with van der Waals surface area (Å²) in [7, 11) is 0. The number of hydrogen-bond donors (Lipinski definition) is 0. The first kappa shape index (κ1) is 66.2. The monoisotopic (exact) mass is 1480 g/mol. The molecule has 0 saturated carbocycles. The fraction of sp³-hybridized carbons (Fsp3) is 0. The molecule has 8 heterocycles. The Balaban J connectivity index is 0.000000137. The highest BCUT2D eigenvalue weighted by molar-refractivity contribution is 6.26. The maximum Gasteiger partial charge on any atom is 0.137 e. The second kappa shape index (κ2) is 27.1. The third-order valence-electron chi connectivity index (χ3n) is 23.5. The Labute approximate surface area is 667 Å². The van der Waals surface area contributed by atoms with Crippen molar-refractivity contribution in [3.05, 3.63) is 413 Å². The predicted octanol–water partition coefficient (Wildman–Crippen LogP) is 27.9. The summed E-state index contributed by atoms with van der Waals surface area (Å²) in [5, 5.41) is 17.0. The van der Waals surface area contributed by atoms with Crippen molar-refractivity contribution in [2.75, 3.05) is 0 Å². The molecule has 24 aromatic rings. The minimum atomic E-state index is 0.940. The summed E-state index contributed by atoms with van der Waals surface area (Å²) in [6.07, 6.45) is 8.24. The normalized spacial score (nSPS) is 11.8. The van der Waals surface area contributed by atoms with Crippen molar-refractivity contribution in [1.82, 2.24) is 37.9 Å². The Morgan fingerprint density at radius 2 is 0.534 bits per heavy atom. The van der Waals surface area contributed by atoms with Crippen molar-refractivity contribution in [2.45, 2.75) is 0 Å². The molecule has 0 radical (unpaired) electrons. The van der Waals surface area contributed by atoms with E-state index < -0.39 is 0 Å². The van der Waals surface area contributed by atoms with Crippen LogP contribution in [0.15, 0.2) is 413 Å². The first-order valence-corrected chi connectivity index (χ1v) is 39.5. The lowest BCUT2D eigenvalue weighted by molar-refractivity contribution is 1.18. The molecule has 8 nitrogen and oxygen atoms in total. The number of rotatable bonds is 10. The highest BCUT2D eigenvalue weighted by Gasteiger charge is 2.22. The lowest BCUT2D eigenvalue weighted by Gasteiger charge is -2.16. The summed E-state index contributed by atoms with van der Waals surface area (Å²) in [6, 6.07) is 139. The Bertz CT molecular complexity index is 7870. The fourth-order valence-corrected chi connectivity index (χ4v) is 18.0. The van der Waals surface area contributed by atoms with Crippen LogP contribution in [0.4, 0.5) is 0 Å². The highest BCUT2D eigenvalue weighted by Crippen LogP contribution is 2.45. The van der Waals surface area contributed by atoms with Gasteiger partial charge in [-0.15, -0.1) is 0 Å². The van der Waals surface area contributed by atoms with E-state index >= 15 is 0 Å². The summed E-state index contributed by atoms with van der Waals surface area (Å²) in [5.74, 6) is 0. The molecule has 0 fully saturated rings. The quantitative estimate of drug-likeness (QED) is 0.128. The van der Waals surface area contributed by atoms with E-state index in [0.29, 0.717) is 0 Å². The van der Waals surface area contributed by atoms with Gasteiger partial charge in [-0.2, -0.15) is 0 Å². The van der Waals surface area contributed by atoms with Gasteiger partial charge >= 0.3 is 0 Å². The van der Waals surface area contributed by atoms with Gasteiger partial charge < -0.3 is 17.9 Å². The Morgan fingerprint density at radius 3 is 0.966 bits per heavy atom. The van der Waals surface area contributed by atoms with Crippen LogP contribution in [0.5, 0.6) is 0 Å². The van der Waals surface area contributed by atoms with Crippen LogP contribution in [0, 0.1) is 0 Å². The van der Waals surface area contributed by atoms with Gasteiger partial charge in [0, 0.05) is 123 Å². The minimum Gasteiger partial charge on any atom is -0.309 e. The van der Waals surface area contributed by atoms with Gasteiger partial charge in [0.25, 0.3) is 0 Å². The number of aromatic nitrogens is 8. The van der Waals surface area contributed by atoms with Gasteiger partial charge in [-0.05, 0) is 134 Å². The number of para-hydroxylation sites is 6. The zero-order chi connectivity index (χ0) is 76.3. The smallest absolute Gasteiger partial charge is 0.137 e. The highest BCUT2D eigenvalue weighted by atomic mass is 15.0. The lowest BCUT2D eigenvalue weighted by atomic mass is 9.92. The second-order valence-corrected chi connectivity index (χ2v) is 30.1. The number of pyridine rings is 4.